The highest BCUT2D eigenvalue weighted by Crippen LogP contribution is 2.24. The molecule has 0 fully saturated rings. The van der Waals surface area contributed by atoms with Crippen LogP contribution >= 0.6 is 0 Å². The normalized spacial score (nSPS) is 10.6. The van der Waals surface area contributed by atoms with E-state index in [2.05, 4.69) is 0 Å². The molecule has 0 aliphatic heterocycles. The highest BCUT2D eigenvalue weighted by atomic mass is 19.1. The first-order valence-corrected chi connectivity index (χ1v) is 6.91. The molecule has 0 aliphatic carbocycles. The number of benzene rings is 2. The summed E-state index contributed by atoms with van der Waals surface area (Å²) in [7, 11) is 0. The van der Waals surface area contributed by atoms with Gasteiger partial charge in [-0.25, -0.2) is 9.18 Å². The van der Waals surface area contributed by atoms with Crippen molar-refractivity contribution in [2.45, 2.75) is 6.92 Å². The minimum Gasteiger partial charge on any atom is -0.461 e. The lowest BCUT2D eigenvalue weighted by Gasteiger charge is -2.11. The predicted molar refractivity (Wildman–Crippen MR) is 80.3 cm³/mol. The van der Waals surface area contributed by atoms with E-state index in [4.69, 9.17) is 9.57 Å². The fraction of sp³-hybridized carbons (Fsp3) is 0.118. The van der Waals surface area contributed by atoms with Gasteiger partial charge in [0.1, 0.15) is 0 Å². The van der Waals surface area contributed by atoms with Crippen molar-refractivity contribution < 1.29 is 18.8 Å². The molecule has 0 saturated heterocycles. The lowest BCUT2D eigenvalue weighted by molar-refractivity contribution is 0.0487. The molecule has 0 unspecified atom stereocenters. The molecule has 3 rings (SSSR count). The van der Waals surface area contributed by atoms with Crippen LogP contribution in [-0.4, -0.2) is 17.3 Å². The van der Waals surface area contributed by atoms with Crippen molar-refractivity contribution in [2.24, 2.45) is 0 Å². The van der Waals surface area contributed by atoms with Gasteiger partial charge in [-0.05, 0) is 31.2 Å². The van der Waals surface area contributed by atoms with Gasteiger partial charge in [-0.15, -0.1) is 0 Å². The molecule has 4 nitrogen and oxygen atoms in total. The van der Waals surface area contributed by atoms with Crippen molar-refractivity contribution in [3.8, 4) is 5.75 Å². The van der Waals surface area contributed by atoms with Gasteiger partial charge in [-0.3, -0.25) is 0 Å². The maximum Gasteiger partial charge on any atom is 0.358 e. The molecule has 0 bridgehead atoms. The topological polar surface area (TPSA) is 40.5 Å². The second-order valence-electron chi connectivity index (χ2n) is 4.62. The fourth-order valence-electron chi connectivity index (χ4n) is 2.19. The number of carbonyl (C=O) groups is 1. The molecular formula is C17H14FNO3. The van der Waals surface area contributed by atoms with Crippen LogP contribution in [-0.2, 0) is 4.74 Å². The SMILES string of the molecule is CCOC(=O)c1cc2ccccc2n1Oc1ccccc1F. The summed E-state index contributed by atoms with van der Waals surface area (Å²) in [4.78, 5) is 17.7. The lowest BCUT2D eigenvalue weighted by Crippen LogP contribution is -2.16. The minimum atomic E-state index is -0.518. The maximum atomic E-state index is 13.8. The van der Waals surface area contributed by atoms with E-state index in [1.54, 1.807) is 31.2 Å². The van der Waals surface area contributed by atoms with Gasteiger partial charge in [0.05, 0.1) is 12.1 Å². The molecule has 0 atom stereocenters. The van der Waals surface area contributed by atoms with Crippen molar-refractivity contribution >= 4 is 16.9 Å². The summed E-state index contributed by atoms with van der Waals surface area (Å²) in [5.41, 5.74) is 0.875. The van der Waals surface area contributed by atoms with Crippen LogP contribution in [0.15, 0.2) is 54.6 Å². The zero-order valence-corrected chi connectivity index (χ0v) is 12.0. The monoisotopic (exact) mass is 299 g/mol. The van der Waals surface area contributed by atoms with E-state index in [1.165, 1.54) is 16.9 Å². The van der Waals surface area contributed by atoms with E-state index in [0.717, 1.165) is 5.39 Å². The van der Waals surface area contributed by atoms with Gasteiger partial charge in [0.2, 0.25) is 0 Å². The number of fused-ring (bicyclic) bond motifs is 1. The Balaban J connectivity index is 2.11. The molecule has 1 heterocycles. The number of rotatable bonds is 4. The molecule has 0 N–H and O–H groups in total. The lowest BCUT2D eigenvalue weighted by atomic mass is 10.2. The molecule has 1 aromatic heterocycles. The van der Waals surface area contributed by atoms with Crippen LogP contribution in [0.25, 0.3) is 10.9 Å². The number of halogens is 1. The average Bonchev–Trinajstić information content (AvgIpc) is 2.89. The Bertz CT molecular complexity index is 826. The van der Waals surface area contributed by atoms with Crippen LogP contribution in [0.2, 0.25) is 0 Å². The summed E-state index contributed by atoms with van der Waals surface area (Å²) in [5.74, 6) is -0.987. The summed E-state index contributed by atoms with van der Waals surface area (Å²) in [6.07, 6.45) is 0. The average molecular weight is 299 g/mol. The molecule has 0 spiro atoms. The second-order valence-corrected chi connectivity index (χ2v) is 4.62. The van der Waals surface area contributed by atoms with Crippen LogP contribution in [0.1, 0.15) is 17.4 Å². The van der Waals surface area contributed by atoms with Crippen LogP contribution in [0, 0.1) is 5.82 Å². The molecule has 3 aromatic rings. The quantitative estimate of drug-likeness (QED) is 0.688. The molecule has 5 heteroatoms. The Morgan fingerprint density at radius 2 is 1.86 bits per heavy atom. The number of carbonyl (C=O) groups excluding carboxylic acids is 1. The van der Waals surface area contributed by atoms with Crippen molar-refractivity contribution in [1.29, 1.82) is 0 Å². The van der Waals surface area contributed by atoms with E-state index >= 15 is 0 Å². The third kappa shape index (κ3) is 2.53. The molecular weight excluding hydrogens is 285 g/mol. The molecule has 2 aromatic carbocycles. The summed E-state index contributed by atoms with van der Waals surface area (Å²) >= 11 is 0. The third-order valence-corrected chi connectivity index (χ3v) is 3.18. The van der Waals surface area contributed by atoms with Crippen LogP contribution in [0.4, 0.5) is 4.39 Å². The molecule has 112 valence electrons. The third-order valence-electron chi connectivity index (χ3n) is 3.18. The van der Waals surface area contributed by atoms with E-state index < -0.39 is 11.8 Å². The highest BCUT2D eigenvalue weighted by Gasteiger charge is 2.19. The molecule has 0 amide bonds. The van der Waals surface area contributed by atoms with E-state index in [0.29, 0.717) is 5.52 Å². The standard InChI is InChI=1S/C17H14FNO3/c1-2-21-17(20)15-11-12-7-3-5-9-14(12)19(15)22-16-10-6-4-8-13(16)18/h3-11H,2H2,1H3. The zero-order valence-electron chi connectivity index (χ0n) is 12.0. The first kappa shape index (κ1) is 14.1. The van der Waals surface area contributed by atoms with Gasteiger partial charge >= 0.3 is 5.97 Å². The molecule has 22 heavy (non-hydrogen) atoms. The van der Waals surface area contributed by atoms with Gasteiger partial charge < -0.3 is 9.57 Å². The second kappa shape index (κ2) is 5.89. The van der Waals surface area contributed by atoms with Gasteiger partial charge in [0.25, 0.3) is 0 Å². The van der Waals surface area contributed by atoms with Crippen LogP contribution < -0.4 is 4.84 Å². The number of hydrogen-bond donors (Lipinski definition) is 0. The van der Waals surface area contributed by atoms with Gasteiger partial charge in [-0.2, -0.15) is 4.73 Å². The van der Waals surface area contributed by atoms with E-state index in [-0.39, 0.29) is 18.1 Å². The predicted octanol–water partition coefficient (Wildman–Crippen LogP) is 3.80. The first-order chi connectivity index (χ1) is 10.7. The van der Waals surface area contributed by atoms with E-state index in [9.17, 15) is 9.18 Å². The number of nitrogens with zero attached hydrogens (tertiary/aromatic N) is 1. The van der Waals surface area contributed by atoms with Gasteiger partial charge in [0, 0.05) is 5.39 Å². The summed E-state index contributed by atoms with van der Waals surface area (Å²) in [5, 5.41) is 0.807. The fourth-order valence-corrected chi connectivity index (χ4v) is 2.19. The van der Waals surface area contributed by atoms with Crippen LogP contribution in [0.5, 0.6) is 5.75 Å². The number of esters is 1. The number of aromatic nitrogens is 1. The Labute approximate surface area is 126 Å². The summed E-state index contributed by atoms with van der Waals surface area (Å²) < 4.78 is 20.1. The van der Waals surface area contributed by atoms with Crippen molar-refractivity contribution in [3.63, 3.8) is 0 Å². The highest BCUT2D eigenvalue weighted by molar-refractivity contribution is 5.95. The van der Waals surface area contributed by atoms with Gasteiger partial charge in [0.15, 0.2) is 17.3 Å². The molecule has 0 aliphatic rings. The van der Waals surface area contributed by atoms with Crippen molar-refractivity contribution in [3.05, 3.63) is 66.1 Å². The summed E-state index contributed by atoms with van der Waals surface area (Å²) in [6, 6.07) is 15.0. The Morgan fingerprint density at radius 1 is 1.14 bits per heavy atom. The Hall–Kier alpha value is -2.82. The van der Waals surface area contributed by atoms with Crippen molar-refractivity contribution in [2.75, 3.05) is 6.61 Å². The number of para-hydroxylation sites is 2. The first-order valence-electron chi connectivity index (χ1n) is 6.91. The minimum absolute atomic E-state index is 0.0365. The van der Waals surface area contributed by atoms with Crippen molar-refractivity contribution in [1.82, 2.24) is 4.73 Å². The largest absolute Gasteiger partial charge is 0.461 e. The van der Waals surface area contributed by atoms with Crippen LogP contribution in [0.3, 0.4) is 0 Å². The Morgan fingerprint density at radius 3 is 2.64 bits per heavy atom. The summed E-state index contributed by atoms with van der Waals surface area (Å²) in [6.45, 7) is 1.97. The zero-order chi connectivity index (χ0) is 15.5. The maximum absolute atomic E-state index is 13.8. The Kier molecular flexibility index (Phi) is 3.78. The molecule has 0 radical (unpaired) electrons. The smallest absolute Gasteiger partial charge is 0.358 e. The number of ether oxygens (including phenoxy) is 1. The molecule has 0 saturated carbocycles. The van der Waals surface area contributed by atoms with Gasteiger partial charge in [-0.1, -0.05) is 30.3 Å². The van der Waals surface area contributed by atoms with E-state index in [1.807, 2.05) is 18.2 Å². The number of hydrogen-bond acceptors (Lipinski definition) is 3.